The summed E-state index contributed by atoms with van der Waals surface area (Å²) in [6.45, 7) is 18.0. The van der Waals surface area contributed by atoms with E-state index in [1.54, 1.807) is 0 Å². The van der Waals surface area contributed by atoms with E-state index in [1.807, 2.05) is 34.6 Å². The van der Waals surface area contributed by atoms with Crippen LogP contribution < -0.4 is 5.32 Å². The first-order valence-corrected chi connectivity index (χ1v) is 7.30. The lowest BCUT2D eigenvalue weighted by Crippen LogP contribution is -2.36. The van der Waals surface area contributed by atoms with E-state index in [4.69, 9.17) is 4.74 Å². The van der Waals surface area contributed by atoms with Crippen molar-refractivity contribution in [2.75, 3.05) is 6.61 Å². The Morgan fingerprint density at radius 3 is 1.90 bits per heavy atom. The second-order valence-electron chi connectivity index (χ2n) is 6.74. The van der Waals surface area contributed by atoms with Crippen molar-refractivity contribution in [3.63, 3.8) is 0 Å². The molecule has 0 unspecified atom stereocenters. The van der Waals surface area contributed by atoms with Gasteiger partial charge in [0.25, 0.3) is 0 Å². The lowest BCUT2D eigenvalue weighted by atomic mass is 10.1. The van der Waals surface area contributed by atoms with Crippen molar-refractivity contribution in [2.24, 2.45) is 0 Å². The Morgan fingerprint density at radius 1 is 1.00 bits per heavy atom. The summed E-state index contributed by atoms with van der Waals surface area (Å²) in [5.41, 5.74) is 2.87. The van der Waals surface area contributed by atoms with Crippen LogP contribution in [0.3, 0.4) is 0 Å². The van der Waals surface area contributed by atoms with Crippen LogP contribution in [-0.2, 0) is 16.9 Å². The zero-order valence-electron chi connectivity index (χ0n) is 14.2. The van der Waals surface area contributed by atoms with E-state index < -0.39 is 5.60 Å². The molecule has 0 aliphatic carbocycles. The molecule has 4 heteroatoms. The topological polar surface area (TPSA) is 47.0 Å². The predicted molar refractivity (Wildman–Crippen MR) is 82.8 cm³/mol. The second kappa shape index (κ2) is 6.19. The van der Waals surface area contributed by atoms with Gasteiger partial charge < -0.3 is 10.1 Å². The number of hydrogen-bond donors (Lipinski definition) is 1. The molecule has 1 aromatic heterocycles. The number of aromatic nitrogens is 2. The van der Waals surface area contributed by atoms with E-state index in [-0.39, 0.29) is 5.54 Å². The highest BCUT2D eigenvalue weighted by Crippen LogP contribution is 2.23. The highest BCUT2D eigenvalue weighted by atomic mass is 16.5. The maximum absolute atomic E-state index is 5.74. The highest BCUT2D eigenvalue weighted by molar-refractivity contribution is 5.25. The van der Waals surface area contributed by atoms with Gasteiger partial charge in [0.2, 0.25) is 0 Å². The van der Waals surface area contributed by atoms with Crippen molar-refractivity contribution in [3.8, 4) is 0 Å². The minimum absolute atomic E-state index is 0.0855. The van der Waals surface area contributed by atoms with E-state index in [9.17, 15) is 0 Å². The SMILES string of the molecule is CCOC(C)(C)c1nc(C)c(CNC(C)(C)C)c(C)n1. The molecule has 0 spiro atoms. The molecule has 1 heterocycles. The van der Waals surface area contributed by atoms with Crippen molar-refractivity contribution in [2.45, 2.75) is 73.1 Å². The monoisotopic (exact) mass is 279 g/mol. The minimum Gasteiger partial charge on any atom is -0.368 e. The van der Waals surface area contributed by atoms with Gasteiger partial charge in [0.05, 0.1) is 0 Å². The summed E-state index contributed by atoms with van der Waals surface area (Å²) in [4.78, 5) is 9.30. The number of rotatable bonds is 5. The summed E-state index contributed by atoms with van der Waals surface area (Å²) >= 11 is 0. The Bertz CT molecular complexity index is 438. The molecule has 0 aliphatic rings. The van der Waals surface area contributed by atoms with Gasteiger partial charge in [0.1, 0.15) is 5.60 Å². The first kappa shape index (κ1) is 17.1. The molecular weight excluding hydrogens is 250 g/mol. The van der Waals surface area contributed by atoms with Crippen molar-refractivity contribution in [3.05, 3.63) is 22.8 Å². The fourth-order valence-corrected chi connectivity index (χ4v) is 2.04. The molecule has 0 saturated carbocycles. The quantitative estimate of drug-likeness (QED) is 0.898. The molecule has 0 aromatic carbocycles. The number of hydrogen-bond acceptors (Lipinski definition) is 4. The van der Waals surface area contributed by atoms with Crippen LogP contribution in [0.1, 0.15) is 64.3 Å². The Labute approximate surface area is 123 Å². The van der Waals surface area contributed by atoms with Crippen LogP contribution in [0.2, 0.25) is 0 Å². The molecule has 0 radical (unpaired) electrons. The van der Waals surface area contributed by atoms with Gasteiger partial charge in [0, 0.05) is 35.6 Å². The molecule has 114 valence electrons. The zero-order valence-corrected chi connectivity index (χ0v) is 14.2. The summed E-state index contributed by atoms with van der Waals surface area (Å²) < 4.78 is 5.74. The molecule has 1 N–H and O–H groups in total. The first-order valence-electron chi connectivity index (χ1n) is 7.30. The second-order valence-corrected chi connectivity index (χ2v) is 6.74. The van der Waals surface area contributed by atoms with Gasteiger partial charge in [-0.3, -0.25) is 0 Å². The number of nitrogens with one attached hydrogen (secondary N) is 1. The maximum Gasteiger partial charge on any atom is 0.160 e. The molecule has 0 bridgehead atoms. The molecule has 0 saturated heterocycles. The summed E-state index contributed by atoms with van der Waals surface area (Å²) in [6, 6.07) is 0. The summed E-state index contributed by atoms with van der Waals surface area (Å²) in [5.74, 6) is 0.758. The molecule has 0 atom stereocenters. The average molecular weight is 279 g/mol. The lowest BCUT2D eigenvalue weighted by Gasteiger charge is -2.25. The Morgan fingerprint density at radius 2 is 1.50 bits per heavy atom. The third-order valence-corrected chi connectivity index (χ3v) is 3.26. The summed E-state index contributed by atoms with van der Waals surface area (Å²) in [5, 5.41) is 3.49. The van der Waals surface area contributed by atoms with Gasteiger partial charge in [-0.2, -0.15) is 0 Å². The van der Waals surface area contributed by atoms with Crippen LogP contribution in [0, 0.1) is 13.8 Å². The number of nitrogens with zero attached hydrogens (tertiary/aromatic N) is 2. The zero-order chi connectivity index (χ0) is 15.6. The van der Waals surface area contributed by atoms with E-state index in [2.05, 4.69) is 36.1 Å². The molecule has 0 aliphatic heterocycles. The standard InChI is InChI=1S/C16H29N3O/c1-9-20-16(7,8)14-18-11(2)13(12(3)19-14)10-17-15(4,5)6/h17H,9-10H2,1-8H3. The molecule has 20 heavy (non-hydrogen) atoms. The van der Waals surface area contributed by atoms with Gasteiger partial charge >= 0.3 is 0 Å². The van der Waals surface area contributed by atoms with Gasteiger partial charge in [-0.1, -0.05) is 0 Å². The molecular formula is C16H29N3O. The molecule has 1 aromatic rings. The van der Waals surface area contributed by atoms with E-state index in [0.717, 1.165) is 23.8 Å². The van der Waals surface area contributed by atoms with Crippen molar-refractivity contribution >= 4 is 0 Å². The van der Waals surface area contributed by atoms with E-state index >= 15 is 0 Å². The molecule has 1 rings (SSSR count). The largest absolute Gasteiger partial charge is 0.368 e. The molecule has 0 amide bonds. The summed E-state index contributed by atoms with van der Waals surface area (Å²) in [6.07, 6.45) is 0. The minimum atomic E-state index is -0.444. The third-order valence-electron chi connectivity index (χ3n) is 3.26. The first-order chi connectivity index (χ1) is 9.07. The van der Waals surface area contributed by atoms with Crippen LogP contribution in [0.5, 0.6) is 0 Å². The normalized spacial score (nSPS) is 12.8. The fourth-order valence-electron chi connectivity index (χ4n) is 2.04. The molecule has 4 nitrogen and oxygen atoms in total. The Balaban J connectivity index is 3.03. The smallest absolute Gasteiger partial charge is 0.160 e. The average Bonchev–Trinajstić information content (AvgIpc) is 2.25. The van der Waals surface area contributed by atoms with Gasteiger partial charge in [-0.05, 0) is 55.4 Å². The lowest BCUT2D eigenvalue weighted by molar-refractivity contribution is -0.0210. The van der Waals surface area contributed by atoms with Crippen LogP contribution in [-0.4, -0.2) is 22.1 Å². The van der Waals surface area contributed by atoms with E-state index in [1.165, 1.54) is 5.56 Å². The van der Waals surface area contributed by atoms with Crippen LogP contribution >= 0.6 is 0 Å². The highest BCUT2D eigenvalue weighted by Gasteiger charge is 2.25. The number of aryl methyl sites for hydroxylation is 2. The third kappa shape index (κ3) is 4.53. The maximum atomic E-state index is 5.74. The molecule has 0 fully saturated rings. The van der Waals surface area contributed by atoms with Gasteiger partial charge in [-0.25, -0.2) is 9.97 Å². The predicted octanol–water partition coefficient (Wildman–Crippen LogP) is 3.25. The van der Waals surface area contributed by atoms with Gasteiger partial charge in [-0.15, -0.1) is 0 Å². The fraction of sp³-hybridized carbons (Fsp3) is 0.750. The van der Waals surface area contributed by atoms with Crippen molar-refractivity contribution in [1.29, 1.82) is 0 Å². The van der Waals surface area contributed by atoms with Crippen LogP contribution in [0.4, 0.5) is 0 Å². The Hall–Kier alpha value is -1.00. The Kier molecular flexibility index (Phi) is 5.27. The summed E-state index contributed by atoms with van der Waals surface area (Å²) in [7, 11) is 0. The van der Waals surface area contributed by atoms with Crippen LogP contribution in [0.15, 0.2) is 0 Å². The van der Waals surface area contributed by atoms with Crippen molar-refractivity contribution < 1.29 is 4.74 Å². The number of ether oxygens (including phenoxy) is 1. The van der Waals surface area contributed by atoms with E-state index in [0.29, 0.717) is 6.61 Å². The van der Waals surface area contributed by atoms with Gasteiger partial charge in [0.15, 0.2) is 5.82 Å². The van der Waals surface area contributed by atoms with Crippen molar-refractivity contribution in [1.82, 2.24) is 15.3 Å². The van der Waals surface area contributed by atoms with Crippen LogP contribution in [0.25, 0.3) is 0 Å².